The van der Waals surface area contributed by atoms with Gasteiger partial charge in [0.2, 0.25) is 0 Å². The third-order valence-corrected chi connectivity index (χ3v) is 1.65. The van der Waals surface area contributed by atoms with Crippen molar-refractivity contribution in [3.8, 4) is 0 Å². The van der Waals surface area contributed by atoms with E-state index in [4.69, 9.17) is 9.47 Å². The molecule has 0 bridgehead atoms. The van der Waals surface area contributed by atoms with E-state index in [-0.39, 0.29) is 8.41 Å². The Hall–Kier alpha value is -0.0151. The Balaban J connectivity index is 0.000000167. The molecular weight excluding hydrogens is 139 g/mol. The topological polar surface area (TPSA) is 18.5 Å². The van der Waals surface area contributed by atoms with E-state index in [0.29, 0.717) is 0 Å². The van der Waals surface area contributed by atoms with Gasteiger partial charge in [0, 0.05) is 26.4 Å². The Morgan fingerprint density at radius 2 is 0.818 bits per heavy atom. The molecule has 2 rings (SSSR count). The van der Waals surface area contributed by atoms with E-state index < -0.39 is 0 Å². The largest absolute Gasteiger partial charge is 0.381 e. The lowest BCUT2D eigenvalue weighted by Crippen LogP contribution is -1.74. The quantitative estimate of drug-likeness (QED) is 0.475. The van der Waals surface area contributed by atoms with Crippen molar-refractivity contribution in [3.05, 3.63) is 0 Å². The molecule has 2 fully saturated rings. The van der Waals surface area contributed by atoms with Gasteiger partial charge < -0.3 is 9.47 Å². The second-order valence-corrected chi connectivity index (χ2v) is 2.64. The van der Waals surface area contributed by atoms with E-state index in [9.17, 15) is 0 Å². The van der Waals surface area contributed by atoms with E-state index in [1.165, 1.54) is 25.7 Å². The summed E-state index contributed by atoms with van der Waals surface area (Å²) in [6.45, 7) is 4.00. The van der Waals surface area contributed by atoms with E-state index in [1.807, 2.05) is 0 Å². The molecule has 0 spiro atoms. The molecule has 0 aromatic rings. The molecule has 2 heterocycles. The average molecular weight is 158 g/mol. The van der Waals surface area contributed by atoms with Crippen molar-refractivity contribution < 1.29 is 9.47 Å². The van der Waals surface area contributed by atoms with Crippen LogP contribution < -0.4 is 0 Å². The minimum absolute atomic E-state index is 0. The van der Waals surface area contributed by atoms with Crippen molar-refractivity contribution >= 4 is 8.41 Å². The fourth-order valence-corrected chi connectivity index (χ4v) is 1.02. The van der Waals surface area contributed by atoms with Crippen LogP contribution in [0.5, 0.6) is 0 Å². The molecule has 11 heavy (non-hydrogen) atoms. The van der Waals surface area contributed by atoms with E-state index in [1.54, 1.807) is 0 Å². The molecule has 0 atom stereocenters. The summed E-state index contributed by atoms with van der Waals surface area (Å²) in [5.74, 6) is 0. The second-order valence-electron chi connectivity index (χ2n) is 2.64. The van der Waals surface area contributed by atoms with Crippen LogP contribution >= 0.6 is 0 Å². The van der Waals surface area contributed by atoms with Crippen LogP contribution in [0.3, 0.4) is 0 Å². The SMILES string of the molecule is B.C1CCOC1.C1CCOC1. The first-order chi connectivity index (χ1) is 5.00. The van der Waals surface area contributed by atoms with Crippen LogP contribution in [0.1, 0.15) is 25.7 Å². The maximum atomic E-state index is 4.94. The molecule has 0 aromatic carbocycles. The van der Waals surface area contributed by atoms with Gasteiger partial charge >= 0.3 is 0 Å². The highest BCUT2D eigenvalue weighted by Crippen LogP contribution is 1.98. The normalized spacial score (nSPS) is 21.8. The molecule has 0 radical (unpaired) electrons. The summed E-state index contributed by atoms with van der Waals surface area (Å²) >= 11 is 0. The van der Waals surface area contributed by atoms with Crippen LogP contribution in [0.2, 0.25) is 0 Å². The first-order valence-electron chi connectivity index (χ1n) is 4.15. The highest BCUT2D eigenvalue weighted by Gasteiger charge is 1.95. The molecule has 2 aliphatic rings. The maximum absolute atomic E-state index is 4.94. The van der Waals surface area contributed by atoms with Crippen molar-refractivity contribution in [1.29, 1.82) is 0 Å². The fraction of sp³-hybridized carbons (Fsp3) is 1.00. The summed E-state index contributed by atoms with van der Waals surface area (Å²) in [6, 6.07) is 0. The van der Waals surface area contributed by atoms with E-state index >= 15 is 0 Å². The van der Waals surface area contributed by atoms with Gasteiger partial charge in [0.05, 0.1) is 8.41 Å². The zero-order valence-corrected chi connectivity index (χ0v) is 6.47. The zero-order valence-electron chi connectivity index (χ0n) is 6.47. The molecule has 66 valence electrons. The number of ether oxygens (including phenoxy) is 2. The van der Waals surface area contributed by atoms with E-state index in [2.05, 4.69) is 0 Å². The molecule has 0 aromatic heterocycles. The average Bonchev–Trinajstić information content (AvgIpc) is 2.67. The lowest BCUT2D eigenvalue weighted by atomic mass is 10.4. The lowest BCUT2D eigenvalue weighted by molar-refractivity contribution is 0.198. The van der Waals surface area contributed by atoms with Crippen molar-refractivity contribution in [2.24, 2.45) is 0 Å². The van der Waals surface area contributed by atoms with Gasteiger partial charge in [-0.3, -0.25) is 0 Å². The summed E-state index contributed by atoms with van der Waals surface area (Å²) < 4.78 is 9.89. The lowest BCUT2D eigenvalue weighted by Gasteiger charge is -1.76. The van der Waals surface area contributed by atoms with Crippen molar-refractivity contribution in [3.63, 3.8) is 0 Å². The fourth-order valence-electron chi connectivity index (χ4n) is 1.02. The Morgan fingerprint density at radius 1 is 0.545 bits per heavy atom. The van der Waals surface area contributed by atoms with Gasteiger partial charge in [0.15, 0.2) is 0 Å². The van der Waals surface area contributed by atoms with Crippen LogP contribution in [0, 0.1) is 0 Å². The van der Waals surface area contributed by atoms with Gasteiger partial charge in [-0.2, -0.15) is 0 Å². The monoisotopic (exact) mass is 158 g/mol. The van der Waals surface area contributed by atoms with Crippen LogP contribution in [0.25, 0.3) is 0 Å². The van der Waals surface area contributed by atoms with Crippen molar-refractivity contribution in [1.82, 2.24) is 0 Å². The molecule has 0 saturated carbocycles. The molecule has 2 aliphatic heterocycles. The van der Waals surface area contributed by atoms with Crippen molar-refractivity contribution in [2.45, 2.75) is 25.7 Å². The third-order valence-electron chi connectivity index (χ3n) is 1.65. The van der Waals surface area contributed by atoms with Crippen LogP contribution in [0.15, 0.2) is 0 Å². The Labute approximate surface area is 70.8 Å². The van der Waals surface area contributed by atoms with Gasteiger partial charge in [-0.15, -0.1) is 0 Å². The molecular formula is C8H19BO2. The molecule has 0 amide bonds. The highest BCUT2D eigenvalue weighted by atomic mass is 16.5. The standard InChI is InChI=1S/2C4H8O.BH3/c2*1-2-4-5-3-1;/h2*1-4H2;1H3. The van der Waals surface area contributed by atoms with E-state index in [0.717, 1.165) is 26.4 Å². The predicted molar refractivity (Wildman–Crippen MR) is 50.0 cm³/mol. The number of hydrogen-bond donors (Lipinski definition) is 0. The first kappa shape index (κ1) is 11.0. The van der Waals surface area contributed by atoms with Crippen molar-refractivity contribution in [2.75, 3.05) is 26.4 Å². The Morgan fingerprint density at radius 3 is 0.909 bits per heavy atom. The van der Waals surface area contributed by atoms with Gasteiger partial charge in [-0.25, -0.2) is 0 Å². The number of hydrogen-bond acceptors (Lipinski definition) is 2. The third kappa shape index (κ3) is 6.39. The molecule has 0 unspecified atom stereocenters. The van der Waals surface area contributed by atoms with Crippen LogP contribution in [0.4, 0.5) is 0 Å². The van der Waals surface area contributed by atoms with Crippen LogP contribution in [-0.2, 0) is 9.47 Å². The summed E-state index contributed by atoms with van der Waals surface area (Å²) in [4.78, 5) is 0. The Bertz CT molecular complexity index is 45.3. The molecule has 2 nitrogen and oxygen atoms in total. The van der Waals surface area contributed by atoms with Gasteiger partial charge in [-0.05, 0) is 25.7 Å². The van der Waals surface area contributed by atoms with Gasteiger partial charge in [0.25, 0.3) is 0 Å². The number of rotatable bonds is 0. The molecule has 0 aliphatic carbocycles. The zero-order chi connectivity index (χ0) is 7.07. The van der Waals surface area contributed by atoms with Gasteiger partial charge in [0.1, 0.15) is 0 Å². The minimum Gasteiger partial charge on any atom is -0.381 e. The highest BCUT2D eigenvalue weighted by molar-refractivity contribution is 5.75. The summed E-state index contributed by atoms with van der Waals surface area (Å²) in [5, 5.41) is 0. The molecule has 0 N–H and O–H groups in total. The summed E-state index contributed by atoms with van der Waals surface area (Å²) in [6.07, 6.45) is 5.11. The van der Waals surface area contributed by atoms with Crippen LogP contribution in [-0.4, -0.2) is 34.8 Å². The summed E-state index contributed by atoms with van der Waals surface area (Å²) in [5.41, 5.74) is 0. The molecule has 3 heteroatoms. The predicted octanol–water partition coefficient (Wildman–Crippen LogP) is 0.410. The first-order valence-corrected chi connectivity index (χ1v) is 4.15. The second kappa shape index (κ2) is 8.09. The molecule has 2 saturated heterocycles. The minimum atomic E-state index is 0. The Kier molecular flexibility index (Phi) is 8.07. The summed E-state index contributed by atoms with van der Waals surface area (Å²) in [7, 11) is 0. The smallest absolute Gasteiger partial charge is 0.0814 e. The maximum Gasteiger partial charge on any atom is 0.0814 e. The van der Waals surface area contributed by atoms with Gasteiger partial charge in [-0.1, -0.05) is 0 Å².